The molecule has 1 aliphatic rings. The van der Waals surface area contributed by atoms with Crippen LogP contribution in [-0.4, -0.2) is 28.5 Å². The standard InChI is InChI=1S/C22H21F2N3OS/c23-17-8-2-1-7-16(17)20-15-29-22(25-19-10-4-3-9-18(19)24)27(20)14-6-13-26-12-5-11-21(26)28/h1-4,7-10,15H,5-6,11-14H2. The van der Waals surface area contributed by atoms with Crippen LogP contribution in [0.1, 0.15) is 19.3 Å². The minimum Gasteiger partial charge on any atom is -0.343 e. The second-order valence-electron chi connectivity index (χ2n) is 6.94. The lowest BCUT2D eigenvalue weighted by Gasteiger charge is -2.16. The van der Waals surface area contributed by atoms with Gasteiger partial charge in [0.15, 0.2) is 4.80 Å². The highest BCUT2D eigenvalue weighted by atomic mass is 32.1. The first-order valence-electron chi connectivity index (χ1n) is 9.64. The SMILES string of the molecule is O=C1CCCN1CCCn1c(-c2ccccc2F)csc1=Nc1ccccc1F. The molecule has 0 bridgehead atoms. The van der Waals surface area contributed by atoms with Crippen LogP contribution in [0.25, 0.3) is 11.3 Å². The Bertz CT molecular complexity index is 1090. The normalized spacial score (nSPS) is 14.8. The molecule has 150 valence electrons. The van der Waals surface area contributed by atoms with Gasteiger partial charge in [0.25, 0.3) is 0 Å². The molecule has 4 nitrogen and oxygen atoms in total. The van der Waals surface area contributed by atoms with Crippen LogP contribution in [0.15, 0.2) is 58.9 Å². The van der Waals surface area contributed by atoms with Gasteiger partial charge in [0.1, 0.15) is 17.3 Å². The van der Waals surface area contributed by atoms with Crippen LogP contribution in [0.5, 0.6) is 0 Å². The van der Waals surface area contributed by atoms with Crippen LogP contribution in [0, 0.1) is 11.6 Å². The largest absolute Gasteiger partial charge is 0.343 e. The van der Waals surface area contributed by atoms with Gasteiger partial charge < -0.3 is 9.47 Å². The fourth-order valence-corrected chi connectivity index (χ4v) is 4.46. The van der Waals surface area contributed by atoms with Gasteiger partial charge in [-0.2, -0.15) is 0 Å². The zero-order valence-electron chi connectivity index (χ0n) is 15.9. The Hall–Kier alpha value is -2.80. The van der Waals surface area contributed by atoms with Crippen molar-refractivity contribution in [1.29, 1.82) is 0 Å². The Balaban J connectivity index is 1.69. The maximum atomic E-state index is 14.4. The summed E-state index contributed by atoms with van der Waals surface area (Å²) in [4.78, 5) is 18.8. The van der Waals surface area contributed by atoms with E-state index in [1.807, 2.05) is 14.8 Å². The van der Waals surface area contributed by atoms with Crippen molar-refractivity contribution < 1.29 is 13.6 Å². The van der Waals surface area contributed by atoms with Crippen molar-refractivity contribution in [3.63, 3.8) is 0 Å². The van der Waals surface area contributed by atoms with Crippen molar-refractivity contribution in [3.05, 3.63) is 70.3 Å². The van der Waals surface area contributed by atoms with Gasteiger partial charge in [-0.3, -0.25) is 4.79 Å². The van der Waals surface area contributed by atoms with Crippen LogP contribution in [0.2, 0.25) is 0 Å². The molecule has 1 fully saturated rings. The van der Waals surface area contributed by atoms with Gasteiger partial charge in [-0.15, -0.1) is 11.3 Å². The molecule has 0 aliphatic carbocycles. The molecule has 1 saturated heterocycles. The van der Waals surface area contributed by atoms with E-state index in [-0.39, 0.29) is 17.4 Å². The molecule has 0 spiro atoms. The summed E-state index contributed by atoms with van der Waals surface area (Å²) in [5, 5.41) is 1.85. The summed E-state index contributed by atoms with van der Waals surface area (Å²) in [6, 6.07) is 12.9. The summed E-state index contributed by atoms with van der Waals surface area (Å²) in [6.07, 6.45) is 2.23. The van der Waals surface area contributed by atoms with E-state index in [0.29, 0.717) is 42.0 Å². The summed E-state index contributed by atoms with van der Waals surface area (Å²) in [7, 11) is 0. The molecule has 2 aromatic carbocycles. The number of nitrogens with zero attached hydrogens (tertiary/aromatic N) is 3. The fourth-order valence-electron chi connectivity index (χ4n) is 3.53. The van der Waals surface area contributed by atoms with E-state index in [2.05, 4.69) is 4.99 Å². The minimum atomic E-state index is -0.400. The van der Waals surface area contributed by atoms with E-state index in [1.165, 1.54) is 23.5 Å². The molecule has 0 atom stereocenters. The zero-order valence-corrected chi connectivity index (χ0v) is 16.7. The Morgan fingerprint density at radius 3 is 2.48 bits per heavy atom. The number of halogens is 2. The maximum absolute atomic E-state index is 14.4. The van der Waals surface area contributed by atoms with Gasteiger partial charge in [0.05, 0.1) is 5.69 Å². The van der Waals surface area contributed by atoms with Gasteiger partial charge in [-0.25, -0.2) is 13.8 Å². The van der Waals surface area contributed by atoms with Crippen LogP contribution < -0.4 is 4.80 Å². The average molecular weight is 413 g/mol. The average Bonchev–Trinajstić information content (AvgIpc) is 3.31. The number of aromatic nitrogens is 1. The Morgan fingerprint density at radius 1 is 1.00 bits per heavy atom. The van der Waals surface area contributed by atoms with Crippen LogP contribution in [-0.2, 0) is 11.3 Å². The molecule has 0 radical (unpaired) electrons. The molecule has 2 heterocycles. The minimum absolute atomic E-state index is 0.186. The fraction of sp³-hybridized carbons (Fsp3) is 0.273. The lowest BCUT2D eigenvalue weighted by molar-refractivity contribution is -0.127. The lowest BCUT2D eigenvalue weighted by Crippen LogP contribution is -2.27. The number of benzene rings is 2. The van der Waals surface area contributed by atoms with E-state index in [1.54, 1.807) is 36.4 Å². The number of carbonyl (C=O) groups is 1. The summed E-state index contributed by atoms with van der Waals surface area (Å²) in [5.41, 5.74) is 1.44. The Labute approximate surface area is 171 Å². The number of hydrogen-bond donors (Lipinski definition) is 0. The van der Waals surface area contributed by atoms with E-state index >= 15 is 0 Å². The van der Waals surface area contributed by atoms with Crippen LogP contribution in [0.4, 0.5) is 14.5 Å². The van der Waals surface area contributed by atoms with Gasteiger partial charge in [0, 0.05) is 37.0 Å². The highest BCUT2D eigenvalue weighted by Crippen LogP contribution is 2.24. The summed E-state index contributed by atoms with van der Waals surface area (Å²) >= 11 is 1.35. The first kappa shape index (κ1) is 19.5. The first-order valence-corrected chi connectivity index (χ1v) is 10.5. The maximum Gasteiger partial charge on any atom is 0.222 e. The van der Waals surface area contributed by atoms with Crippen LogP contribution >= 0.6 is 11.3 Å². The predicted octanol–water partition coefficient (Wildman–Crippen LogP) is 4.74. The third-order valence-corrected chi connectivity index (χ3v) is 5.86. The molecule has 0 N–H and O–H groups in total. The molecule has 1 aromatic heterocycles. The number of rotatable bonds is 6. The van der Waals surface area contributed by atoms with Crippen molar-refractivity contribution in [2.45, 2.75) is 25.8 Å². The van der Waals surface area contributed by atoms with Gasteiger partial charge in [-0.1, -0.05) is 24.3 Å². The number of carbonyl (C=O) groups excluding carboxylic acids is 1. The summed E-state index contributed by atoms with van der Waals surface area (Å²) in [5.74, 6) is -0.528. The number of thiazole rings is 1. The van der Waals surface area contributed by atoms with Crippen LogP contribution in [0.3, 0.4) is 0 Å². The van der Waals surface area contributed by atoms with Crippen molar-refractivity contribution in [1.82, 2.24) is 9.47 Å². The molecule has 0 unspecified atom stereocenters. The smallest absolute Gasteiger partial charge is 0.222 e. The monoisotopic (exact) mass is 413 g/mol. The van der Waals surface area contributed by atoms with Crippen molar-refractivity contribution >= 4 is 22.9 Å². The second-order valence-corrected chi connectivity index (χ2v) is 7.77. The molecule has 4 rings (SSSR count). The number of hydrogen-bond acceptors (Lipinski definition) is 3. The topological polar surface area (TPSA) is 37.6 Å². The van der Waals surface area contributed by atoms with Gasteiger partial charge in [-0.05, 0) is 37.1 Å². The number of para-hydroxylation sites is 1. The lowest BCUT2D eigenvalue weighted by atomic mass is 10.1. The number of amides is 1. The predicted molar refractivity (Wildman–Crippen MR) is 110 cm³/mol. The third-order valence-electron chi connectivity index (χ3n) is 5.00. The van der Waals surface area contributed by atoms with E-state index < -0.39 is 5.82 Å². The number of likely N-dealkylation sites (tertiary alicyclic amines) is 1. The molecular formula is C22H21F2N3OS. The highest BCUT2D eigenvalue weighted by molar-refractivity contribution is 7.07. The molecule has 7 heteroatoms. The third kappa shape index (κ3) is 4.29. The Kier molecular flexibility index (Phi) is 5.85. The second kappa shape index (κ2) is 8.69. The zero-order chi connectivity index (χ0) is 20.2. The van der Waals surface area contributed by atoms with Crippen molar-refractivity contribution in [3.8, 4) is 11.3 Å². The van der Waals surface area contributed by atoms with E-state index in [0.717, 1.165) is 13.0 Å². The molecule has 3 aromatic rings. The molecular weight excluding hydrogens is 392 g/mol. The highest BCUT2D eigenvalue weighted by Gasteiger charge is 2.19. The van der Waals surface area contributed by atoms with Crippen molar-refractivity contribution in [2.24, 2.45) is 4.99 Å². The van der Waals surface area contributed by atoms with Crippen molar-refractivity contribution in [2.75, 3.05) is 13.1 Å². The molecule has 29 heavy (non-hydrogen) atoms. The molecule has 0 saturated carbocycles. The quantitative estimate of drug-likeness (QED) is 0.575. The van der Waals surface area contributed by atoms with E-state index in [4.69, 9.17) is 0 Å². The Morgan fingerprint density at radius 2 is 1.76 bits per heavy atom. The molecule has 1 aliphatic heterocycles. The van der Waals surface area contributed by atoms with Gasteiger partial charge >= 0.3 is 0 Å². The summed E-state index contributed by atoms with van der Waals surface area (Å²) < 4.78 is 30.4. The molecule has 1 amide bonds. The van der Waals surface area contributed by atoms with Gasteiger partial charge in [0.2, 0.25) is 5.91 Å². The first-order chi connectivity index (χ1) is 14.1. The van der Waals surface area contributed by atoms with E-state index in [9.17, 15) is 13.6 Å². The summed E-state index contributed by atoms with van der Waals surface area (Å²) in [6.45, 7) is 2.00.